The number of nitrogens with zero attached hydrogens (tertiary/aromatic N) is 1. The standard InChI is InChI=1S/C24H30Cl2N2O4/c1-15-8-9-16(20(12-15)27-22-18(25)6-5-7-19(22)26)13-21(29)31-17-10-11-28(14-17)23(30)32-24(2,3)4/h5-7,9,12,15,17,27H,8,10-11,13-14H2,1-4H3/t15?,17-/m1/s1. The Morgan fingerprint density at radius 2 is 1.91 bits per heavy atom. The molecule has 0 spiro atoms. The molecule has 0 aromatic heterocycles. The molecule has 2 aliphatic rings. The average Bonchev–Trinajstić information content (AvgIpc) is 3.14. The number of hydrogen-bond donors (Lipinski definition) is 1. The second-order valence-electron chi connectivity index (χ2n) is 9.25. The van der Waals surface area contributed by atoms with Crippen LogP contribution in [0.25, 0.3) is 0 Å². The highest BCUT2D eigenvalue weighted by atomic mass is 35.5. The lowest BCUT2D eigenvalue weighted by Crippen LogP contribution is -2.36. The summed E-state index contributed by atoms with van der Waals surface area (Å²) in [5.41, 5.74) is 1.69. The van der Waals surface area contributed by atoms with Crippen molar-refractivity contribution in [3.05, 3.63) is 51.7 Å². The second-order valence-corrected chi connectivity index (χ2v) is 10.1. The molecule has 1 saturated heterocycles. The minimum absolute atomic E-state index is 0.122. The molecule has 32 heavy (non-hydrogen) atoms. The number of hydrogen-bond acceptors (Lipinski definition) is 5. The maximum Gasteiger partial charge on any atom is 0.410 e. The monoisotopic (exact) mass is 480 g/mol. The SMILES string of the molecule is CC1C=C(Nc2c(Cl)cccc2Cl)C(CC(=O)O[C@@H]2CCN(C(=O)OC(C)(C)C)C2)=CC1. The van der Waals surface area contributed by atoms with Gasteiger partial charge in [0.25, 0.3) is 0 Å². The fourth-order valence-electron chi connectivity index (χ4n) is 3.64. The van der Waals surface area contributed by atoms with Gasteiger partial charge in [-0.3, -0.25) is 4.79 Å². The van der Waals surface area contributed by atoms with Gasteiger partial charge in [-0.15, -0.1) is 0 Å². The van der Waals surface area contributed by atoms with E-state index in [4.69, 9.17) is 32.7 Å². The van der Waals surface area contributed by atoms with Crippen molar-refractivity contribution in [2.24, 2.45) is 5.92 Å². The van der Waals surface area contributed by atoms with Crippen LogP contribution >= 0.6 is 23.2 Å². The summed E-state index contributed by atoms with van der Waals surface area (Å²) >= 11 is 12.6. The maximum absolute atomic E-state index is 12.7. The van der Waals surface area contributed by atoms with E-state index in [1.807, 2.05) is 26.8 Å². The van der Waals surface area contributed by atoms with Crippen LogP contribution in [0.3, 0.4) is 0 Å². The van der Waals surface area contributed by atoms with Gasteiger partial charge >= 0.3 is 12.1 Å². The number of para-hydroxylation sites is 1. The fraction of sp³-hybridized carbons (Fsp3) is 0.500. The third-order valence-corrected chi connectivity index (χ3v) is 5.82. The number of amides is 1. The quantitative estimate of drug-likeness (QED) is 0.508. The summed E-state index contributed by atoms with van der Waals surface area (Å²) in [5.74, 6) is -0.0180. The van der Waals surface area contributed by atoms with Crippen molar-refractivity contribution in [2.75, 3.05) is 18.4 Å². The number of halogens is 2. The molecule has 2 atom stereocenters. The summed E-state index contributed by atoms with van der Waals surface area (Å²) in [6.07, 6.45) is 4.94. The zero-order chi connectivity index (χ0) is 23.5. The summed E-state index contributed by atoms with van der Waals surface area (Å²) in [6.45, 7) is 8.42. The zero-order valence-electron chi connectivity index (χ0n) is 18.9. The van der Waals surface area contributed by atoms with Crippen LogP contribution in [0, 0.1) is 5.92 Å². The molecule has 1 amide bonds. The lowest BCUT2D eigenvalue weighted by Gasteiger charge is -2.24. The van der Waals surface area contributed by atoms with Crippen molar-refractivity contribution in [3.63, 3.8) is 0 Å². The number of carbonyl (C=O) groups excluding carboxylic acids is 2. The average molecular weight is 481 g/mol. The van der Waals surface area contributed by atoms with E-state index >= 15 is 0 Å². The van der Waals surface area contributed by atoms with Crippen molar-refractivity contribution in [1.29, 1.82) is 0 Å². The highest BCUT2D eigenvalue weighted by Crippen LogP contribution is 2.34. The van der Waals surface area contributed by atoms with Crippen molar-refractivity contribution >= 4 is 41.0 Å². The van der Waals surface area contributed by atoms with Crippen molar-refractivity contribution in [3.8, 4) is 0 Å². The predicted molar refractivity (Wildman–Crippen MR) is 127 cm³/mol. The maximum atomic E-state index is 12.7. The lowest BCUT2D eigenvalue weighted by molar-refractivity contribution is -0.147. The van der Waals surface area contributed by atoms with Crippen LogP contribution < -0.4 is 5.32 Å². The molecule has 0 bridgehead atoms. The van der Waals surface area contributed by atoms with Crippen molar-refractivity contribution in [2.45, 2.75) is 58.7 Å². The van der Waals surface area contributed by atoms with E-state index in [1.165, 1.54) is 0 Å². The molecule has 1 aliphatic carbocycles. The molecule has 1 fully saturated rings. The number of nitrogens with one attached hydrogen (secondary N) is 1. The van der Waals surface area contributed by atoms with Gasteiger partial charge in [-0.2, -0.15) is 0 Å². The van der Waals surface area contributed by atoms with Crippen LogP contribution in [0.5, 0.6) is 0 Å². The van der Waals surface area contributed by atoms with Gasteiger partial charge in [-0.25, -0.2) is 4.79 Å². The molecule has 1 aromatic carbocycles. The van der Waals surface area contributed by atoms with Gasteiger partial charge < -0.3 is 19.7 Å². The van der Waals surface area contributed by atoms with Crippen LogP contribution in [0.15, 0.2) is 41.6 Å². The second kappa shape index (κ2) is 10.2. The molecule has 1 aromatic rings. The Morgan fingerprint density at radius 1 is 1.22 bits per heavy atom. The zero-order valence-corrected chi connectivity index (χ0v) is 20.4. The number of esters is 1. The van der Waals surface area contributed by atoms with Crippen LogP contribution in [0.2, 0.25) is 10.0 Å². The fourth-order valence-corrected chi connectivity index (χ4v) is 4.13. The smallest absolute Gasteiger partial charge is 0.410 e. The Bertz CT molecular complexity index is 916. The molecule has 1 N–H and O–H groups in total. The number of rotatable bonds is 5. The minimum atomic E-state index is -0.559. The third-order valence-electron chi connectivity index (χ3n) is 5.19. The van der Waals surface area contributed by atoms with Crippen LogP contribution in [0.1, 0.15) is 47.0 Å². The normalized spacial score (nSPS) is 21.0. The van der Waals surface area contributed by atoms with Crippen molar-refractivity contribution < 1.29 is 19.1 Å². The molecule has 6 nitrogen and oxygen atoms in total. The van der Waals surface area contributed by atoms with E-state index in [2.05, 4.69) is 18.3 Å². The Labute approximate surface area is 199 Å². The molecule has 3 rings (SSSR count). The summed E-state index contributed by atoms with van der Waals surface area (Å²) in [5, 5.41) is 4.30. The molecular formula is C24H30Cl2N2O4. The topological polar surface area (TPSA) is 67.9 Å². The van der Waals surface area contributed by atoms with E-state index in [0.717, 1.165) is 17.7 Å². The molecule has 8 heteroatoms. The van der Waals surface area contributed by atoms with Gasteiger partial charge in [0.2, 0.25) is 0 Å². The molecule has 1 heterocycles. The third kappa shape index (κ3) is 6.66. The highest BCUT2D eigenvalue weighted by Gasteiger charge is 2.32. The number of benzene rings is 1. The summed E-state index contributed by atoms with van der Waals surface area (Å²) in [6, 6.07) is 5.30. The van der Waals surface area contributed by atoms with Gasteiger partial charge in [0.05, 0.1) is 28.7 Å². The lowest BCUT2D eigenvalue weighted by atomic mass is 9.93. The number of ether oxygens (including phenoxy) is 2. The van der Waals surface area contributed by atoms with Gasteiger partial charge in [0.1, 0.15) is 11.7 Å². The van der Waals surface area contributed by atoms with Gasteiger partial charge in [0.15, 0.2) is 0 Å². The van der Waals surface area contributed by atoms with E-state index in [1.54, 1.807) is 23.1 Å². The number of carbonyl (C=O) groups is 2. The largest absolute Gasteiger partial charge is 0.460 e. The van der Waals surface area contributed by atoms with Gasteiger partial charge in [-0.1, -0.05) is 48.3 Å². The highest BCUT2D eigenvalue weighted by molar-refractivity contribution is 6.39. The number of anilines is 1. The molecule has 1 aliphatic heterocycles. The van der Waals surface area contributed by atoms with E-state index in [0.29, 0.717) is 41.2 Å². The Kier molecular flexibility index (Phi) is 7.78. The number of allylic oxidation sites excluding steroid dienone is 3. The van der Waals surface area contributed by atoms with Gasteiger partial charge in [0, 0.05) is 18.7 Å². The molecule has 174 valence electrons. The van der Waals surface area contributed by atoms with E-state index in [-0.39, 0.29) is 24.6 Å². The molecule has 0 radical (unpaired) electrons. The Hall–Kier alpha value is -2.18. The van der Waals surface area contributed by atoms with Crippen LogP contribution in [-0.2, 0) is 14.3 Å². The van der Waals surface area contributed by atoms with Crippen LogP contribution in [-0.4, -0.2) is 41.8 Å². The molecular weight excluding hydrogens is 451 g/mol. The summed E-state index contributed by atoms with van der Waals surface area (Å²) < 4.78 is 11.1. The van der Waals surface area contributed by atoms with Gasteiger partial charge in [-0.05, 0) is 50.8 Å². The molecule has 0 saturated carbocycles. The Morgan fingerprint density at radius 3 is 2.56 bits per heavy atom. The molecule has 1 unspecified atom stereocenters. The number of likely N-dealkylation sites (tertiary alicyclic amines) is 1. The first-order valence-electron chi connectivity index (χ1n) is 10.8. The first-order chi connectivity index (χ1) is 15.0. The summed E-state index contributed by atoms with van der Waals surface area (Å²) in [4.78, 5) is 26.5. The first-order valence-corrected chi connectivity index (χ1v) is 11.6. The van der Waals surface area contributed by atoms with E-state index < -0.39 is 5.60 Å². The first kappa shape index (κ1) is 24.5. The summed E-state index contributed by atoms with van der Waals surface area (Å²) in [7, 11) is 0. The predicted octanol–water partition coefficient (Wildman–Crippen LogP) is 6.20. The van der Waals surface area contributed by atoms with Crippen LogP contribution in [0.4, 0.5) is 10.5 Å². The van der Waals surface area contributed by atoms with Crippen molar-refractivity contribution in [1.82, 2.24) is 4.90 Å². The minimum Gasteiger partial charge on any atom is -0.460 e. The Balaban J connectivity index is 1.59. The van der Waals surface area contributed by atoms with E-state index in [9.17, 15) is 9.59 Å².